The molecule has 86 valence electrons. The molecule has 3 heteroatoms. The van der Waals surface area contributed by atoms with Crippen LogP contribution in [0.15, 0.2) is 12.5 Å². The zero-order valence-corrected chi connectivity index (χ0v) is 9.73. The number of rotatable bonds is 2. The van der Waals surface area contributed by atoms with Crippen molar-refractivity contribution in [2.24, 2.45) is 5.92 Å². The molecule has 1 fully saturated rings. The molecule has 1 aliphatic carbocycles. The van der Waals surface area contributed by atoms with Crippen LogP contribution in [0.5, 0.6) is 0 Å². The molecule has 0 N–H and O–H groups in total. The van der Waals surface area contributed by atoms with E-state index < -0.39 is 0 Å². The Kier molecular flexibility index (Phi) is 2.87. The van der Waals surface area contributed by atoms with Gasteiger partial charge in [0.1, 0.15) is 6.33 Å². The molecule has 0 saturated heterocycles. The number of hydrogen-bond acceptors (Lipinski definition) is 3. The van der Waals surface area contributed by atoms with E-state index in [1.165, 1.54) is 50.0 Å². The highest BCUT2D eigenvalue weighted by Crippen LogP contribution is 2.27. The van der Waals surface area contributed by atoms with Gasteiger partial charge in [-0.2, -0.15) is 0 Å². The van der Waals surface area contributed by atoms with Crippen molar-refractivity contribution in [1.82, 2.24) is 14.9 Å². The van der Waals surface area contributed by atoms with E-state index in [2.05, 4.69) is 14.9 Å². The Balaban J connectivity index is 1.63. The van der Waals surface area contributed by atoms with Crippen LogP contribution >= 0.6 is 0 Å². The molecule has 0 unspecified atom stereocenters. The minimum absolute atomic E-state index is 0.948. The minimum Gasteiger partial charge on any atom is -0.297 e. The topological polar surface area (TPSA) is 29.0 Å². The zero-order valence-electron chi connectivity index (χ0n) is 9.73. The van der Waals surface area contributed by atoms with E-state index in [-0.39, 0.29) is 0 Å². The van der Waals surface area contributed by atoms with Gasteiger partial charge in [0, 0.05) is 25.8 Å². The molecule has 1 aromatic rings. The molecule has 0 spiro atoms. The molecule has 0 aromatic carbocycles. The van der Waals surface area contributed by atoms with Gasteiger partial charge in [0.2, 0.25) is 0 Å². The van der Waals surface area contributed by atoms with Crippen molar-refractivity contribution in [2.45, 2.75) is 38.6 Å². The highest BCUT2D eigenvalue weighted by Gasteiger charge is 2.22. The number of hydrogen-bond donors (Lipinski definition) is 0. The Bertz CT molecular complexity index is 358. The second-order valence-corrected chi connectivity index (χ2v) is 5.13. The largest absolute Gasteiger partial charge is 0.297 e. The fourth-order valence-corrected chi connectivity index (χ4v) is 3.02. The molecular weight excluding hydrogens is 198 g/mol. The molecule has 3 rings (SSSR count). The average molecular weight is 217 g/mol. The Morgan fingerprint density at radius 3 is 3.06 bits per heavy atom. The summed E-state index contributed by atoms with van der Waals surface area (Å²) >= 11 is 0. The van der Waals surface area contributed by atoms with Gasteiger partial charge >= 0.3 is 0 Å². The maximum Gasteiger partial charge on any atom is 0.115 e. The summed E-state index contributed by atoms with van der Waals surface area (Å²) < 4.78 is 0. The van der Waals surface area contributed by atoms with Crippen LogP contribution in [0, 0.1) is 5.92 Å². The summed E-state index contributed by atoms with van der Waals surface area (Å²) in [6.45, 7) is 3.51. The molecule has 1 aromatic heterocycles. The molecule has 0 atom stereocenters. The van der Waals surface area contributed by atoms with E-state index >= 15 is 0 Å². The van der Waals surface area contributed by atoms with E-state index in [0.717, 1.165) is 18.9 Å². The van der Waals surface area contributed by atoms with Crippen LogP contribution in [0.3, 0.4) is 0 Å². The zero-order chi connectivity index (χ0) is 10.8. The van der Waals surface area contributed by atoms with Crippen molar-refractivity contribution in [3.05, 3.63) is 23.8 Å². The van der Waals surface area contributed by atoms with Crippen LogP contribution in [0.4, 0.5) is 0 Å². The summed E-state index contributed by atoms with van der Waals surface area (Å²) in [7, 11) is 0. The van der Waals surface area contributed by atoms with Gasteiger partial charge in [0.25, 0.3) is 0 Å². The molecule has 2 heterocycles. The smallest absolute Gasteiger partial charge is 0.115 e. The Labute approximate surface area is 96.9 Å². The standard InChI is InChI=1S/C13H19N3/c1-2-4-11(3-1)8-16-6-5-12-7-14-10-15-13(12)9-16/h7,10-11H,1-6,8-9H2. The van der Waals surface area contributed by atoms with Crippen LogP contribution in [0.1, 0.15) is 36.9 Å². The van der Waals surface area contributed by atoms with Gasteiger partial charge in [0.15, 0.2) is 0 Å². The lowest BCUT2D eigenvalue weighted by Crippen LogP contribution is -2.34. The van der Waals surface area contributed by atoms with E-state index in [1.54, 1.807) is 6.33 Å². The maximum atomic E-state index is 4.39. The van der Waals surface area contributed by atoms with E-state index in [0.29, 0.717) is 0 Å². The predicted octanol–water partition coefficient (Wildman–Crippen LogP) is 2.02. The van der Waals surface area contributed by atoms with Crippen LogP contribution < -0.4 is 0 Å². The van der Waals surface area contributed by atoms with Crippen molar-refractivity contribution in [2.75, 3.05) is 13.1 Å². The fourth-order valence-electron chi connectivity index (χ4n) is 3.02. The molecule has 0 bridgehead atoms. The molecule has 2 aliphatic rings. The first-order valence-corrected chi connectivity index (χ1v) is 6.42. The molecule has 0 radical (unpaired) electrons. The lowest BCUT2D eigenvalue weighted by Gasteiger charge is -2.29. The maximum absolute atomic E-state index is 4.39. The van der Waals surface area contributed by atoms with E-state index in [1.807, 2.05) is 6.20 Å². The van der Waals surface area contributed by atoms with Crippen LogP contribution in [-0.2, 0) is 13.0 Å². The Hall–Kier alpha value is -0.960. The fraction of sp³-hybridized carbons (Fsp3) is 0.692. The van der Waals surface area contributed by atoms with Gasteiger partial charge in [-0.25, -0.2) is 9.97 Å². The van der Waals surface area contributed by atoms with Gasteiger partial charge < -0.3 is 0 Å². The molecular formula is C13H19N3. The summed E-state index contributed by atoms with van der Waals surface area (Å²) in [5.41, 5.74) is 2.60. The molecule has 1 aliphatic heterocycles. The lowest BCUT2D eigenvalue weighted by molar-refractivity contribution is 0.211. The monoisotopic (exact) mass is 217 g/mol. The quantitative estimate of drug-likeness (QED) is 0.759. The SMILES string of the molecule is c1ncc2c(n1)CN(CC1CCCC1)CC2. The lowest BCUT2D eigenvalue weighted by atomic mass is 10.0. The summed E-state index contributed by atoms with van der Waals surface area (Å²) in [4.78, 5) is 11.1. The highest BCUT2D eigenvalue weighted by molar-refractivity contribution is 5.18. The molecule has 0 amide bonds. The second-order valence-electron chi connectivity index (χ2n) is 5.13. The predicted molar refractivity (Wildman–Crippen MR) is 63.0 cm³/mol. The minimum atomic E-state index is 0.948. The third kappa shape index (κ3) is 2.09. The first kappa shape index (κ1) is 10.2. The summed E-state index contributed by atoms with van der Waals surface area (Å²) in [5.74, 6) is 0.948. The van der Waals surface area contributed by atoms with Gasteiger partial charge in [-0.05, 0) is 30.7 Å². The van der Waals surface area contributed by atoms with Gasteiger partial charge in [-0.15, -0.1) is 0 Å². The second kappa shape index (κ2) is 4.50. The molecule has 3 nitrogen and oxygen atoms in total. The highest BCUT2D eigenvalue weighted by atomic mass is 15.1. The van der Waals surface area contributed by atoms with Gasteiger partial charge in [0.05, 0.1) is 5.69 Å². The number of nitrogens with zero attached hydrogens (tertiary/aromatic N) is 3. The average Bonchev–Trinajstić information content (AvgIpc) is 2.82. The van der Waals surface area contributed by atoms with Crippen molar-refractivity contribution in [3.63, 3.8) is 0 Å². The third-order valence-electron chi connectivity index (χ3n) is 3.94. The number of fused-ring (bicyclic) bond motifs is 1. The van der Waals surface area contributed by atoms with Crippen LogP contribution in [0.25, 0.3) is 0 Å². The van der Waals surface area contributed by atoms with Crippen molar-refractivity contribution in [1.29, 1.82) is 0 Å². The normalized spacial score (nSPS) is 22.2. The molecule has 16 heavy (non-hydrogen) atoms. The molecule has 1 saturated carbocycles. The van der Waals surface area contributed by atoms with Crippen molar-refractivity contribution in [3.8, 4) is 0 Å². The first-order valence-electron chi connectivity index (χ1n) is 6.42. The van der Waals surface area contributed by atoms with Gasteiger partial charge in [-0.3, -0.25) is 4.90 Å². The van der Waals surface area contributed by atoms with Crippen LogP contribution in [0.2, 0.25) is 0 Å². The van der Waals surface area contributed by atoms with Crippen molar-refractivity contribution >= 4 is 0 Å². The first-order chi connectivity index (χ1) is 7.92. The summed E-state index contributed by atoms with van der Waals surface area (Å²) in [6.07, 6.45) is 10.5. The van der Waals surface area contributed by atoms with Crippen LogP contribution in [-0.4, -0.2) is 28.0 Å². The number of aromatic nitrogens is 2. The van der Waals surface area contributed by atoms with E-state index in [4.69, 9.17) is 0 Å². The van der Waals surface area contributed by atoms with Gasteiger partial charge in [-0.1, -0.05) is 12.8 Å². The Morgan fingerprint density at radius 2 is 2.19 bits per heavy atom. The summed E-state index contributed by atoms with van der Waals surface area (Å²) in [6, 6.07) is 0. The van der Waals surface area contributed by atoms with E-state index in [9.17, 15) is 0 Å². The summed E-state index contributed by atoms with van der Waals surface area (Å²) in [5, 5.41) is 0. The third-order valence-corrected chi connectivity index (χ3v) is 3.94. The Morgan fingerprint density at radius 1 is 1.31 bits per heavy atom. The van der Waals surface area contributed by atoms with Crippen molar-refractivity contribution < 1.29 is 0 Å².